The number of carboxylic acid groups (broad SMARTS) is 1. The van der Waals surface area contributed by atoms with Crippen molar-refractivity contribution in [2.45, 2.75) is 62.5 Å². The van der Waals surface area contributed by atoms with Crippen LogP contribution in [0.25, 0.3) is 0 Å². The van der Waals surface area contributed by atoms with Crippen molar-refractivity contribution in [3.8, 4) is 11.5 Å². The molecule has 4 rings (SSSR count). The lowest BCUT2D eigenvalue weighted by Gasteiger charge is -2.52. The summed E-state index contributed by atoms with van der Waals surface area (Å²) in [6.07, 6.45) is 0.148. The normalized spacial score (nSPS) is 23.6. The number of β-lactam (4-membered cyclic amide) rings is 1. The first-order chi connectivity index (χ1) is 22.0. The average molecular weight is 677 g/mol. The van der Waals surface area contributed by atoms with Crippen LogP contribution in [0.5, 0.6) is 11.5 Å². The van der Waals surface area contributed by atoms with E-state index in [0.717, 1.165) is 36.6 Å². The number of aliphatic carboxylic acids is 1. The molecule has 0 aliphatic carbocycles. The van der Waals surface area contributed by atoms with Crippen LogP contribution in [0.2, 0.25) is 0 Å². The number of carbonyl (C=O) groups excluding carboxylic acids is 8. The summed E-state index contributed by atoms with van der Waals surface area (Å²) in [7, 11) is 0. The summed E-state index contributed by atoms with van der Waals surface area (Å²) in [6.45, 7) is 6.99. The van der Waals surface area contributed by atoms with Crippen molar-refractivity contribution >= 4 is 65.7 Å². The third kappa shape index (κ3) is 6.29. The first-order valence-corrected chi connectivity index (χ1v) is 15.1. The van der Waals surface area contributed by atoms with E-state index in [1.165, 1.54) is 17.0 Å². The number of ether oxygens (including phenoxy) is 2. The van der Waals surface area contributed by atoms with Gasteiger partial charge in [-0.1, -0.05) is 6.07 Å². The van der Waals surface area contributed by atoms with Gasteiger partial charge in [-0.2, -0.15) is 0 Å². The summed E-state index contributed by atoms with van der Waals surface area (Å²) in [5.74, 6) is -7.62. The maximum absolute atomic E-state index is 14.0. The molecule has 47 heavy (non-hydrogen) atoms. The van der Waals surface area contributed by atoms with Gasteiger partial charge in [0.2, 0.25) is 18.0 Å². The molecule has 18 nitrogen and oxygen atoms in total. The van der Waals surface area contributed by atoms with E-state index in [9.17, 15) is 48.3 Å². The van der Waals surface area contributed by atoms with Crippen molar-refractivity contribution in [2.24, 2.45) is 0 Å². The molecule has 1 aromatic carbocycles. The Morgan fingerprint density at radius 1 is 1.04 bits per heavy atom. The number of nitrogens with one attached hydrogen (secondary N) is 3. The molecular weight excluding hydrogens is 644 g/mol. The fourth-order valence-corrected chi connectivity index (χ4v) is 7.21. The SMILES string of the molecule is CCN1CCN(C(=O)NC(C(=O)N[C@@]2(NC=O)C(=O)N3[C@@H](C(=O)O)C(C)(C)S[C@@H]32)c2ccc(OC(C)=O)c(OC(C)=O)c2)C(=O)C1=O. The number of carbonyl (C=O) groups is 9. The topological polar surface area (TPSA) is 238 Å². The monoisotopic (exact) mass is 676 g/mol. The Balaban J connectivity index is 1.74. The van der Waals surface area contributed by atoms with Crippen LogP contribution in [0.4, 0.5) is 4.79 Å². The van der Waals surface area contributed by atoms with Gasteiger partial charge in [0.1, 0.15) is 17.5 Å². The second kappa shape index (κ2) is 12.9. The van der Waals surface area contributed by atoms with Crippen molar-refractivity contribution in [3.63, 3.8) is 0 Å². The van der Waals surface area contributed by atoms with E-state index in [0.29, 0.717) is 4.90 Å². The molecule has 3 saturated heterocycles. The van der Waals surface area contributed by atoms with Crippen molar-refractivity contribution < 1.29 is 57.7 Å². The van der Waals surface area contributed by atoms with Crippen LogP contribution in [-0.2, 0) is 38.4 Å². The molecule has 0 radical (unpaired) electrons. The van der Waals surface area contributed by atoms with Crippen molar-refractivity contribution in [2.75, 3.05) is 19.6 Å². The summed E-state index contributed by atoms with van der Waals surface area (Å²) in [4.78, 5) is 116. The number of nitrogens with zero attached hydrogens (tertiary/aromatic N) is 3. The van der Waals surface area contributed by atoms with E-state index >= 15 is 0 Å². The zero-order valence-electron chi connectivity index (χ0n) is 25.9. The average Bonchev–Trinajstić information content (AvgIpc) is 3.26. The number of imide groups is 1. The minimum atomic E-state index is -2.15. The molecule has 4 N–H and O–H groups in total. The Bertz CT molecular complexity index is 1580. The van der Waals surface area contributed by atoms with Gasteiger partial charge in [-0.3, -0.25) is 38.5 Å². The van der Waals surface area contributed by atoms with Gasteiger partial charge in [0, 0.05) is 38.2 Å². The van der Waals surface area contributed by atoms with Gasteiger partial charge in [0.05, 0.1) is 0 Å². The lowest BCUT2D eigenvalue weighted by molar-refractivity contribution is -0.172. The van der Waals surface area contributed by atoms with Crippen molar-refractivity contribution in [1.82, 2.24) is 30.7 Å². The fraction of sp³-hybridized carbons (Fsp3) is 0.464. The summed E-state index contributed by atoms with van der Waals surface area (Å²) < 4.78 is 9.16. The molecule has 1 unspecified atom stereocenters. The maximum Gasteiger partial charge on any atom is 0.327 e. The van der Waals surface area contributed by atoms with Crippen molar-refractivity contribution in [1.29, 1.82) is 0 Å². The number of piperazine rings is 1. The molecule has 3 heterocycles. The molecule has 0 saturated carbocycles. The highest BCUT2D eigenvalue weighted by Gasteiger charge is 2.72. The van der Waals surface area contributed by atoms with Gasteiger partial charge in [0.15, 0.2) is 11.5 Å². The second-order valence-electron chi connectivity index (χ2n) is 11.2. The number of carboxylic acids is 1. The van der Waals surface area contributed by atoms with E-state index in [1.807, 2.05) is 0 Å². The molecule has 252 valence electrons. The molecule has 7 amide bonds. The molecule has 19 heteroatoms. The number of esters is 2. The predicted molar refractivity (Wildman–Crippen MR) is 158 cm³/mol. The van der Waals surface area contributed by atoms with Crippen LogP contribution < -0.4 is 25.4 Å². The number of likely N-dealkylation sites (N-methyl/N-ethyl adjacent to an activating group) is 1. The maximum atomic E-state index is 14.0. The molecule has 3 aliphatic heterocycles. The van der Waals surface area contributed by atoms with Crippen LogP contribution in [-0.4, -0.2) is 115 Å². The molecule has 0 spiro atoms. The molecule has 4 atom stereocenters. The molecule has 1 aromatic rings. The van der Waals surface area contributed by atoms with Crippen LogP contribution in [0, 0.1) is 0 Å². The van der Waals surface area contributed by atoms with Gasteiger partial charge in [-0.15, -0.1) is 11.8 Å². The van der Waals surface area contributed by atoms with Crippen LogP contribution in [0.3, 0.4) is 0 Å². The standard InChI is InChI=1S/C28H32N6O12S/c1-6-32-9-10-33(22(40)21(32)39)26(44)30-18(15-7-8-16(45-13(2)36)17(11-15)46-14(3)37)20(38)31-28(29-12-35)24(43)34-19(23(41)42)27(4,5)47-25(28)34/h7-8,11-12,18-19,25H,6,9-10H2,1-5H3,(H,29,35)(H,30,44)(H,31,38)(H,41,42)/t18?,19-,25+,28-/m0/s1. The number of amides is 7. The number of benzene rings is 1. The van der Waals surface area contributed by atoms with Gasteiger partial charge in [-0.25, -0.2) is 9.59 Å². The Kier molecular flexibility index (Phi) is 9.51. The Labute approximate surface area is 271 Å². The zero-order chi connectivity index (χ0) is 35.0. The summed E-state index contributed by atoms with van der Waals surface area (Å²) in [5, 5.41) is 15.8. The van der Waals surface area contributed by atoms with Gasteiger partial charge >= 0.3 is 35.8 Å². The van der Waals surface area contributed by atoms with E-state index in [1.54, 1.807) is 20.8 Å². The Morgan fingerprint density at radius 3 is 2.26 bits per heavy atom. The van der Waals surface area contributed by atoms with Crippen LogP contribution in [0.1, 0.15) is 46.2 Å². The number of urea groups is 1. The highest BCUT2D eigenvalue weighted by atomic mass is 32.2. The lowest BCUT2D eigenvalue weighted by Crippen LogP contribution is -2.85. The number of hydrogen-bond acceptors (Lipinski definition) is 12. The Hall–Kier alpha value is -5.20. The third-order valence-corrected chi connectivity index (χ3v) is 9.30. The highest BCUT2D eigenvalue weighted by molar-refractivity contribution is 8.01. The number of hydrogen-bond donors (Lipinski definition) is 4. The third-order valence-electron chi connectivity index (χ3n) is 7.66. The largest absolute Gasteiger partial charge is 0.480 e. The fourth-order valence-electron chi connectivity index (χ4n) is 5.55. The summed E-state index contributed by atoms with van der Waals surface area (Å²) in [6, 6.07) is -0.784. The van der Waals surface area contributed by atoms with E-state index < -0.39 is 75.4 Å². The predicted octanol–water partition coefficient (Wildman–Crippen LogP) is -1.32. The van der Waals surface area contributed by atoms with Crippen LogP contribution >= 0.6 is 11.8 Å². The summed E-state index contributed by atoms with van der Waals surface area (Å²) >= 11 is 1.01. The smallest absolute Gasteiger partial charge is 0.327 e. The minimum absolute atomic E-state index is 0.0230. The highest BCUT2D eigenvalue weighted by Crippen LogP contribution is 2.54. The van der Waals surface area contributed by atoms with E-state index in [2.05, 4.69) is 16.0 Å². The molecule has 0 aromatic heterocycles. The summed E-state index contributed by atoms with van der Waals surface area (Å²) in [5.41, 5.74) is -2.26. The quantitative estimate of drug-likeness (QED) is 0.0563. The first-order valence-electron chi connectivity index (χ1n) is 14.2. The lowest BCUT2D eigenvalue weighted by atomic mass is 9.91. The van der Waals surface area contributed by atoms with E-state index in [-0.39, 0.29) is 43.1 Å². The van der Waals surface area contributed by atoms with E-state index in [4.69, 9.17) is 9.47 Å². The number of rotatable bonds is 10. The molecular formula is C28H32N6O12S. The van der Waals surface area contributed by atoms with Crippen LogP contribution in [0.15, 0.2) is 18.2 Å². The number of fused-ring (bicyclic) bond motifs is 1. The number of thioether (sulfide) groups is 1. The minimum Gasteiger partial charge on any atom is -0.480 e. The van der Waals surface area contributed by atoms with Gasteiger partial charge in [0.25, 0.3) is 5.91 Å². The Morgan fingerprint density at radius 2 is 1.68 bits per heavy atom. The van der Waals surface area contributed by atoms with Gasteiger partial charge in [-0.05, 0) is 38.5 Å². The molecule has 3 aliphatic rings. The molecule has 3 fully saturated rings. The second-order valence-corrected chi connectivity index (χ2v) is 12.9. The van der Waals surface area contributed by atoms with Crippen molar-refractivity contribution in [3.05, 3.63) is 23.8 Å². The molecule has 0 bridgehead atoms. The van der Waals surface area contributed by atoms with Gasteiger partial charge < -0.3 is 40.3 Å². The zero-order valence-corrected chi connectivity index (χ0v) is 26.7. The first kappa shape index (κ1) is 34.7.